The fourth-order valence-corrected chi connectivity index (χ4v) is 3.27. The molecule has 1 unspecified atom stereocenters. The molecule has 0 fully saturated rings. The van der Waals surface area contributed by atoms with E-state index in [9.17, 15) is 5.11 Å². The largest absolute Gasteiger partial charge is 0.508 e. The van der Waals surface area contributed by atoms with Crippen LogP contribution in [0.15, 0.2) is 48.5 Å². The minimum absolute atomic E-state index is 0.253. The zero-order valence-corrected chi connectivity index (χ0v) is 12.7. The van der Waals surface area contributed by atoms with Crippen molar-refractivity contribution in [3.8, 4) is 5.75 Å². The van der Waals surface area contributed by atoms with E-state index in [2.05, 4.69) is 54.1 Å². The Balaban J connectivity index is 2.03. The molecule has 3 rings (SSSR count). The summed E-state index contributed by atoms with van der Waals surface area (Å²) in [6, 6.07) is 16.3. The number of hydrogen-bond acceptors (Lipinski definition) is 3. The van der Waals surface area contributed by atoms with Crippen LogP contribution >= 0.6 is 0 Å². The highest BCUT2D eigenvalue weighted by molar-refractivity contribution is 5.58. The van der Waals surface area contributed by atoms with Crippen LogP contribution in [-0.4, -0.2) is 23.6 Å². The topological polar surface area (TPSA) is 26.7 Å². The SMILES string of the molecule is CCCN1Cc2cc(O)ccc2N(C)C1c1ccccc1. The third-order valence-corrected chi connectivity index (χ3v) is 4.14. The molecule has 1 aliphatic heterocycles. The van der Waals surface area contributed by atoms with E-state index in [0.717, 1.165) is 19.5 Å². The number of phenols is 1. The van der Waals surface area contributed by atoms with Gasteiger partial charge in [0.25, 0.3) is 0 Å². The highest BCUT2D eigenvalue weighted by Gasteiger charge is 2.30. The maximum atomic E-state index is 9.74. The summed E-state index contributed by atoms with van der Waals surface area (Å²) in [5.74, 6) is 0.344. The predicted molar refractivity (Wildman–Crippen MR) is 86.4 cm³/mol. The van der Waals surface area contributed by atoms with Gasteiger partial charge in [-0.1, -0.05) is 37.3 Å². The lowest BCUT2D eigenvalue weighted by Crippen LogP contribution is -2.43. The average Bonchev–Trinajstić information content (AvgIpc) is 2.48. The quantitative estimate of drug-likeness (QED) is 0.928. The smallest absolute Gasteiger partial charge is 0.116 e. The second-order valence-corrected chi connectivity index (χ2v) is 5.68. The summed E-state index contributed by atoms with van der Waals surface area (Å²) in [6.45, 7) is 4.13. The van der Waals surface area contributed by atoms with Crippen molar-refractivity contribution in [3.63, 3.8) is 0 Å². The Morgan fingerprint density at radius 3 is 2.62 bits per heavy atom. The van der Waals surface area contributed by atoms with Gasteiger partial charge in [0.05, 0.1) is 0 Å². The van der Waals surface area contributed by atoms with Gasteiger partial charge in [0.2, 0.25) is 0 Å². The van der Waals surface area contributed by atoms with Crippen molar-refractivity contribution in [1.82, 2.24) is 4.90 Å². The summed E-state index contributed by atoms with van der Waals surface area (Å²) < 4.78 is 0. The van der Waals surface area contributed by atoms with Gasteiger partial charge in [0.15, 0.2) is 0 Å². The van der Waals surface area contributed by atoms with Gasteiger partial charge in [-0.3, -0.25) is 4.90 Å². The van der Waals surface area contributed by atoms with Crippen molar-refractivity contribution in [2.75, 3.05) is 18.5 Å². The van der Waals surface area contributed by atoms with Crippen molar-refractivity contribution in [2.45, 2.75) is 26.1 Å². The normalized spacial score (nSPS) is 18.6. The lowest BCUT2D eigenvalue weighted by molar-refractivity contribution is 0.175. The summed E-state index contributed by atoms with van der Waals surface area (Å²) in [5, 5.41) is 9.74. The van der Waals surface area contributed by atoms with Gasteiger partial charge < -0.3 is 10.0 Å². The molecule has 21 heavy (non-hydrogen) atoms. The third kappa shape index (κ3) is 2.61. The Morgan fingerprint density at radius 1 is 1.14 bits per heavy atom. The van der Waals surface area contributed by atoms with Crippen molar-refractivity contribution >= 4 is 5.69 Å². The summed E-state index contributed by atoms with van der Waals surface area (Å²) in [7, 11) is 2.13. The van der Waals surface area contributed by atoms with Gasteiger partial charge in [0, 0.05) is 25.8 Å². The first-order valence-electron chi connectivity index (χ1n) is 7.54. The van der Waals surface area contributed by atoms with E-state index in [1.54, 1.807) is 6.07 Å². The molecule has 3 heteroatoms. The molecule has 0 amide bonds. The Hall–Kier alpha value is -2.00. The van der Waals surface area contributed by atoms with Crippen LogP contribution in [0.2, 0.25) is 0 Å². The Morgan fingerprint density at radius 2 is 1.90 bits per heavy atom. The van der Waals surface area contributed by atoms with Gasteiger partial charge >= 0.3 is 0 Å². The Kier molecular flexibility index (Phi) is 3.84. The molecule has 2 aromatic carbocycles. The molecule has 0 spiro atoms. The molecule has 1 N–H and O–H groups in total. The predicted octanol–water partition coefficient (Wildman–Crippen LogP) is 3.75. The summed E-state index contributed by atoms with van der Waals surface area (Å²) in [5.41, 5.74) is 3.71. The molecular weight excluding hydrogens is 260 g/mol. The Labute approximate surface area is 126 Å². The molecule has 0 bridgehead atoms. The van der Waals surface area contributed by atoms with Gasteiger partial charge in [-0.25, -0.2) is 0 Å². The summed E-state index contributed by atoms with van der Waals surface area (Å²) >= 11 is 0. The number of anilines is 1. The second-order valence-electron chi connectivity index (χ2n) is 5.68. The molecule has 110 valence electrons. The summed E-state index contributed by atoms with van der Waals surface area (Å²) in [4.78, 5) is 4.78. The van der Waals surface area contributed by atoms with Crippen molar-refractivity contribution < 1.29 is 5.11 Å². The molecule has 0 aromatic heterocycles. The number of benzene rings is 2. The van der Waals surface area contributed by atoms with Gasteiger partial charge in [-0.15, -0.1) is 0 Å². The number of phenolic OH excluding ortho intramolecular Hbond substituents is 1. The lowest BCUT2D eigenvalue weighted by atomic mass is 10.0. The number of fused-ring (bicyclic) bond motifs is 1. The Bertz CT molecular complexity index is 612. The molecule has 1 heterocycles. The van der Waals surface area contributed by atoms with Gasteiger partial charge in [-0.05, 0) is 35.7 Å². The van der Waals surface area contributed by atoms with E-state index >= 15 is 0 Å². The number of rotatable bonds is 3. The molecule has 1 atom stereocenters. The van der Waals surface area contributed by atoms with Crippen LogP contribution in [0.5, 0.6) is 5.75 Å². The number of aromatic hydroxyl groups is 1. The minimum atomic E-state index is 0.253. The van der Waals surface area contributed by atoms with E-state index in [-0.39, 0.29) is 6.17 Å². The van der Waals surface area contributed by atoms with Crippen molar-refractivity contribution in [2.24, 2.45) is 0 Å². The fraction of sp³-hybridized carbons (Fsp3) is 0.333. The molecule has 1 aliphatic rings. The zero-order valence-electron chi connectivity index (χ0n) is 12.7. The van der Waals surface area contributed by atoms with E-state index in [0.29, 0.717) is 5.75 Å². The van der Waals surface area contributed by atoms with Crippen LogP contribution in [-0.2, 0) is 6.54 Å². The van der Waals surface area contributed by atoms with Crippen LogP contribution < -0.4 is 4.90 Å². The third-order valence-electron chi connectivity index (χ3n) is 4.14. The lowest BCUT2D eigenvalue weighted by Gasteiger charge is -2.44. The molecule has 0 aliphatic carbocycles. The molecule has 2 aromatic rings. The standard InChI is InChI=1S/C18H22N2O/c1-3-11-20-13-15-12-16(21)9-10-17(15)19(2)18(20)14-7-5-4-6-8-14/h4-10,12,18,21H,3,11,13H2,1-2H3. The molecule has 0 radical (unpaired) electrons. The molecule has 0 saturated heterocycles. The first-order valence-corrected chi connectivity index (χ1v) is 7.54. The van der Waals surface area contributed by atoms with E-state index in [1.165, 1.54) is 16.8 Å². The first-order chi connectivity index (χ1) is 10.2. The van der Waals surface area contributed by atoms with Gasteiger partial charge in [0.1, 0.15) is 11.9 Å². The fourth-order valence-electron chi connectivity index (χ4n) is 3.27. The van der Waals surface area contributed by atoms with E-state index in [1.807, 2.05) is 12.1 Å². The average molecular weight is 282 g/mol. The maximum absolute atomic E-state index is 9.74. The maximum Gasteiger partial charge on any atom is 0.116 e. The minimum Gasteiger partial charge on any atom is -0.508 e. The number of nitrogens with zero attached hydrogens (tertiary/aromatic N) is 2. The highest BCUT2D eigenvalue weighted by atomic mass is 16.3. The van der Waals surface area contributed by atoms with E-state index in [4.69, 9.17) is 0 Å². The first kappa shape index (κ1) is 14.0. The van der Waals surface area contributed by atoms with Crippen molar-refractivity contribution in [3.05, 3.63) is 59.7 Å². The number of hydrogen-bond donors (Lipinski definition) is 1. The van der Waals surface area contributed by atoms with Crippen LogP contribution in [0.3, 0.4) is 0 Å². The van der Waals surface area contributed by atoms with Crippen LogP contribution in [0.25, 0.3) is 0 Å². The van der Waals surface area contributed by atoms with Crippen LogP contribution in [0.1, 0.15) is 30.6 Å². The van der Waals surface area contributed by atoms with Crippen LogP contribution in [0, 0.1) is 0 Å². The molecular formula is C18H22N2O. The van der Waals surface area contributed by atoms with Crippen LogP contribution in [0.4, 0.5) is 5.69 Å². The molecule has 0 saturated carbocycles. The highest BCUT2D eigenvalue weighted by Crippen LogP contribution is 2.38. The van der Waals surface area contributed by atoms with E-state index < -0.39 is 0 Å². The summed E-state index contributed by atoms with van der Waals surface area (Å²) in [6.07, 6.45) is 1.37. The molecule has 3 nitrogen and oxygen atoms in total. The second kappa shape index (κ2) is 5.78. The van der Waals surface area contributed by atoms with Gasteiger partial charge in [-0.2, -0.15) is 0 Å². The monoisotopic (exact) mass is 282 g/mol. The van der Waals surface area contributed by atoms with Crippen molar-refractivity contribution in [1.29, 1.82) is 0 Å². The zero-order chi connectivity index (χ0) is 14.8.